The first-order valence-corrected chi connectivity index (χ1v) is 12.0. The summed E-state index contributed by atoms with van der Waals surface area (Å²) in [5, 5.41) is 0.965. The van der Waals surface area contributed by atoms with Crippen LogP contribution in [-0.4, -0.2) is 65.8 Å². The highest BCUT2D eigenvalue weighted by molar-refractivity contribution is 6.32. The second kappa shape index (κ2) is 10.6. The Morgan fingerprint density at radius 2 is 1.66 bits per heavy atom. The molecule has 0 radical (unpaired) electrons. The number of nitrogens with zero attached hydrogens (tertiary/aromatic N) is 4. The Labute approximate surface area is 212 Å². The zero-order valence-corrected chi connectivity index (χ0v) is 21.0. The standard InChI is InChI=1S/C24H26Cl2N4O5/c1-3-35-23(32)15-30-20-12-16(25)4-7-19(20)29(24(30)33)14-22(31)28-10-8-27(9-11-28)17-5-6-18(26)21(13-17)34-2/h4-7,12-13H,3,8-11,14-15H2,1-2H3. The van der Waals surface area contributed by atoms with Crippen molar-refractivity contribution in [1.82, 2.24) is 14.0 Å². The van der Waals surface area contributed by atoms with Crippen LogP contribution in [0.3, 0.4) is 0 Å². The van der Waals surface area contributed by atoms with Gasteiger partial charge in [-0.2, -0.15) is 0 Å². The van der Waals surface area contributed by atoms with E-state index in [-0.39, 0.29) is 25.6 Å². The van der Waals surface area contributed by atoms with Crippen LogP contribution < -0.4 is 15.3 Å². The highest BCUT2D eigenvalue weighted by Gasteiger charge is 2.24. The maximum atomic E-state index is 13.2. The molecule has 0 unspecified atom stereocenters. The largest absolute Gasteiger partial charge is 0.495 e. The van der Waals surface area contributed by atoms with E-state index >= 15 is 0 Å². The quantitative estimate of drug-likeness (QED) is 0.445. The molecular formula is C24H26Cl2N4O5. The average Bonchev–Trinajstić information content (AvgIpc) is 3.09. The molecule has 1 aliphatic heterocycles. The van der Waals surface area contributed by atoms with Gasteiger partial charge in [0.25, 0.3) is 0 Å². The van der Waals surface area contributed by atoms with Crippen molar-refractivity contribution in [3.63, 3.8) is 0 Å². The van der Waals surface area contributed by atoms with Crippen LogP contribution in [-0.2, 0) is 27.4 Å². The average molecular weight is 521 g/mol. The Morgan fingerprint density at radius 1 is 0.943 bits per heavy atom. The molecule has 1 fully saturated rings. The summed E-state index contributed by atoms with van der Waals surface area (Å²) in [5.41, 5.74) is 1.51. The molecule has 3 aromatic rings. The van der Waals surface area contributed by atoms with E-state index < -0.39 is 11.7 Å². The van der Waals surface area contributed by atoms with Crippen molar-refractivity contribution in [2.75, 3.05) is 44.8 Å². The van der Waals surface area contributed by atoms with E-state index in [0.29, 0.717) is 53.0 Å². The third-order valence-electron chi connectivity index (χ3n) is 6.00. The zero-order chi connectivity index (χ0) is 25.1. The Kier molecular flexibility index (Phi) is 7.57. The van der Waals surface area contributed by atoms with Crippen LogP contribution in [0, 0.1) is 0 Å². The van der Waals surface area contributed by atoms with E-state index in [1.165, 1.54) is 9.13 Å². The highest BCUT2D eigenvalue weighted by atomic mass is 35.5. The van der Waals surface area contributed by atoms with Crippen molar-refractivity contribution >= 4 is 51.8 Å². The molecule has 1 amide bonds. The number of benzene rings is 2. The second-order valence-corrected chi connectivity index (χ2v) is 8.92. The monoisotopic (exact) mass is 520 g/mol. The number of halogens is 2. The molecule has 0 N–H and O–H groups in total. The summed E-state index contributed by atoms with van der Waals surface area (Å²) in [5.74, 6) is -0.109. The van der Waals surface area contributed by atoms with Crippen LogP contribution in [0.1, 0.15) is 6.92 Å². The summed E-state index contributed by atoms with van der Waals surface area (Å²) in [6.45, 7) is 3.79. The molecule has 4 rings (SSSR count). The first-order valence-electron chi connectivity index (χ1n) is 11.2. The number of aromatic nitrogens is 2. The van der Waals surface area contributed by atoms with E-state index in [2.05, 4.69) is 4.90 Å². The van der Waals surface area contributed by atoms with Gasteiger partial charge >= 0.3 is 11.7 Å². The number of hydrogen-bond donors (Lipinski definition) is 0. The predicted octanol–water partition coefficient (Wildman–Crippen LogP) is 3.03. The number of carbonyl (C=O) groups excluding carboxylic acids is 2. The fourth-order valence-electron chi connectivity index (χ4n) is 4.23. The predicted molar refractivity (Wildman–Crippen MR) is 135 cm³/mol. The van der Waals surface area contributed by atoms with Gasteiger partial charge in [-0.15, -0.1) is 0 Å². The van der Waals surface area contributed by atoms with Crippen molar-refractivity contribution in [1.29, 1.82) is 0 Å². The summed E-state index contributed by atoms with van der Waals surface area (Å²) in [6, 6.07) is 10.5. The molecular weight excluding hydrogens is 495 g/mol. The number of esters is 1. The number of methoxy groups -OCH3 is 1. The molecule has 0 saturated carbocycles. The van der Waals surface area contributed by atoms with Gasteiger partial charge in [0.2, 0.25) is 5.91 Å². The molecule has 0 bridgehead atoms. The van der Waals surface area contributed by atoms with E-state index in [1.54, 1.807) is 43.2 Å². The second-order valence-electron chi connectivity index (χ2n) is 8.08. The molecule has 35 heavy (non-hydrogen) atoms. The number of fused-ring (bicyclic) bond motifs is 1. The fourth-order valence-corrected chi connectivity index (χ4v) is 4.59. The molecule has 0 atom stereocenters. The van der Waals surface area contributed by atoms with Gasteiger partial charge < -0.3 is 19.3 Å². The maximum absolute atomic E-state index is 13.2. The number of amides is 1. The Balaban J connectivity index is 1.50. The number of anilines is 1. The Hall–Kier alpha value is -3.17. The van der Waals surface area contributed by atoms with Gasteiger partial charge in [0.1, 0.15) is 18.8 Å². The molecule has 186 valence electrons. The van der Waals surface area contributed by atoms with Gasteiger partial charge in [-0.25, -0.2) is 4.79 Å². The highest BCUT2D eigenvalue weighted by Crippen LogP contribution is 2.30. The van der Waals surface area contributed by atoms with Crippen molar-refractivity contribution in [2.45, 2.75) is 20.0 Å². The summed E-state index contributed by atoms with van der Waals surface area (Å²) in [7, 11) is 1.57. The lowest BCUT2D eigenvalue weighted by atomic mass is 10.2. The van der Waals surface area contributed by atoms with E-state index in [4.69, 9.17) is 32.7 Å². The molecule has 2 aromatic carbocycles. The minimum Gasteiger partial charge on any atom is -0.495 e. The molecule has 9 nitrogen and oxygen atoms in total. The SMILES string of the molecule is CCOC(=O)Cn1c(=O)n(CC(=O)N2CCN(c3ccc(Cl)c(OC)c3)CC2)c2ccc(Cl)cc21. The summed E-state index contributed by atoms with van der Waals surface area (Å²) in [6.07, 6.45) is 0. The van der Waals surface area contributed by atoms with Crippen LogP contribution in [0.25, 0.3) is 11.0 Å². The van der Waals surface area contributed by atoms with Crippen LogP contribution in [0.4, 0.5) is 5.69 Å². The van der Waals surface area contributed by atoms with Gasteiger partial charge in [-0.05, 0) is 37.3 Å². The topological polar surface area (TPSA) is 86.0 Å². The van der Waals surface area contributed by atoms with Gasteiger partial charge in [0, 0.05) is 43.0 Å². The summed E-state index contributed by atoms with van der Waals surface area (Å²) < 4.78 is 13.0. The van der Waals surface area contributed by atoms with Gasteiger partial charge in [0.05, 0.1) is 29.8 Å². The molecule has 0 spiro atoms. The van der Waals surface area contributed by atoms with Crippen molar-refractivity contribution in [2.24, 2.45) is 0 Å². The van der Waals surface area contributed by atoms with Crippen molar-refractivity contribution in [3.05, 3.63) is 56.9 Å². The normalized spacial score (nSPS) is 13.8. The number of ether oxygens (including phenoxy) is 2. The van der Waals surface area contributed by atoms with Crippen LogP contribution in [0.2, 0.25) is 10.0 Å². The first kappa shape index (κ1) is 24.9. The molecule has 11 heteroatoms. The first-order chi connectivity index (χ1) is 16.8. The smallest absolute Gasteiger partial charge is 0.330 e. The molecule has 1 aromatic heterocycles. The number of rotatable bonds is 7. The zero-order valence-electron chi connectivity index (χ0n) is 19.5. The van der Waals surface area contributed by atoms with E-state index in [1.807, 2.05) is 12.1 Å². The molecule has 0 aliphatic carbocycles. The lowest BCUT2D eigenvalue weighted by Gasteiger charge is -2.36. The minimum atomic E-state index is -0.532. The van der Waals surface area contributed by atoms with Crippen molar-refractivity contribution < 1.29 is 19.1 Å². The molecule has 2 heterocycles. The van der Waals surface area contributed by atoms with Gasteiger partial charge in [-0.1, -0.05) is 23.2 Å². The number of imidazole rings is 1. The minimum absolute atomic E-state index is 0.137. The number of carbonyl (C=O) groups is 2. The van der Waals surface area contributed by atoms with Crippen LogP contribution in [0.5, 0.6) is 5.75 Å². The third-order valence-corrected chi connectivity index (χ3v) is 6.55. The number of hydrogen-bond acceptors (Lipinski definition) is 6. The lowest BCUT2D eigenvalue weighted by Crippen LogP contribution is -2.50. The maximum Gasteiger partial charge on any atom is 0.330 e. The van der Waals surface area contributed by atoms with Crippen molar-refractivity contribution in [3.8, 4) is 5.75 Å². The lowest BCUT2D eigenvalue weighted by molar-refractivity contribution is -0.143. The van der Waals surface area contributed by atoms with Gasteiger partial charge in [-0.3, -0.25) is 18.7 Å². The summed E-state index contributed by atoms with van der Waals surface area (Å²) >= 11 is 12.3. The van der Waals surface area contributed by atoms with E-state index in [9.17, 15) is 14.4 Å². The Bertz CT molecular complexity index is 1310. The van der Waals surface area contributed by atoms with Crippen LogP contribution >= 0.6 is 23.2 Å². The number of piperazine rings is 1. The fraction of sp³-hybridized carbons (Fsp3) is 0.375. The molecule has 1 saturated heterocycles. The molecule has 1 aliphatic rings. The van der Waals surface area contributed by atoms with E-state index in [0.717, 1.165) is 5.69 Å². The third kappa shape index (κ3) is 5.26. The summed E-state index contributed by atoms with van der Waals surface area (Å²) in [4.78, 5) is 42.2. The van der Waals surface area contributed by atoms with Gasteiger partial charge in [0.15, 0.2) is 0 Å². The Morgan fingerprint density at radius 3 is 2.34 bits per heavy atom. The van der Waals surface area contributed by atoms with Crippen LogP contribution in [0.15, 0.2) is 41.2 Å².